The van der Waals surface area contributed by atoms with Gasteiger partial charge in [-0.2, -0.15) is 4.31 Å². The summed E-state index contributed by atoms with van der Waals surface area (Å²) in [5.74, 6) is 0.437. The molecular formula is C19H30N2O5S. The van der Waals surface area contributed by atoms with Crippen LogP contribution in [-0.4, -0.2) is 52.0 Å². The largest absolute Gasteiger partial charge is 0.493 e. The number of ether oxygens (including phenoxy) is 2. The van der Waals surface area contributed by atoms with Gasteiger partial charge in [0.15, 0.2) is 11.5 Å². The Morgan fingerprint density at radius 2 is 2.00 bits per heavy atom. The summed E-state index contributed by atoms with van der Waals surface area (Å²) in [4.78, 5) is 12.6. The highest BCUT2D eigenvalue weighted by atomic mass is 32.2. The lowest BCUT2D eigenvalue weighted by Gasteiger charge is -2.32. The van der Waals surface area contributed by atoms with Crippen LogP contribution in [0, 0.1) is 5.92 Å². The Labute approximate surface area is 162 Å². The van der Waals surface area contributed by atoms with Gasteiger partial charge in [-0.25, -0.2) is 8.42 Å². The second-order valence-electron chi connectivity index (χ2n) is 6.92. The van der Waals surface area contributed by atoms with Gasteiger partial charge in [0.25, 0.3) is 0 Å². The summed E-state index contributed by atoms with van der Waals surface area (Å²) in [7, 11) is -0.742. The molecule has 1 amide bonds. The Bertz CT molecular complexity index is 750. The number of sulfonamides is 1. The number of piperidine rings is 1. The van der Waals surface area contributed by atoms with Crippen LogP contribution >= 0.6 is 0 Å². The quantitative estimate of drug-likeness (QED) is 0.727. The third-order valence-electron chi connectivity index (χ3n) is 4.86. The number of amides is 1. The third-order valence-corrected chi connectivity index (χ3v) is 6.72. The van der Waals surface area contributed by atoms with E-state index in [2.05, 4.69) is 12.2 Å². The van der Waals surface area contributed by atoms with Crippen LogP contribution in [0.5, 0.6) is 11.5 Å². The maximum atomic E-state index is 13.0. The van der Waals surface area contributed by atoms with Gasteiger partial charge in [0.2, 0.25) is 15.9 Å². The Kier molecular flexibility index (Phi) is 7.49. The monoisotopic (exact) mass is 398 g/mol. The van der Waals surface area contributed by atoms with Crippen LogP contribution in [0.15, 0.2) is 23.1 Å². The molecule has 1 aromatic carbocycles. The van der Waals surface area contributed by atoms with Crippen LogP contribution in [0.3, 0.4) is 0 Å². The summed E-state index contributed by atoms with van der Waals surface area (Å²) < 4.78 is 37.9. The Balaban J connectivity index is 2.15. The molecule has 2 atom stereocenters. The van der Waals surface area contributed by atoms with Crippen molar-refractivity contribution in [3.05, 3.63) is 18.2 Å². The number of hydrogen-bond acceptors (Lipinski definition) is 5. The highest BCUT2D eigenvalue weighted by Gasteiger charge is 2.34. The van der Waals surface area contributed by atoms with E-state index in [4.69, 9.17) is 9.47 Å². The minimum absolute atomic E-state index is 0.0665. The maximum absolute atomic E-state index is 13.0. The van der Waals surface area contributed by atoms with Gasteiger partial charge in [-0.15, -0.1) is 0 Å². The van der Waals surface area contributed by atoms with Crippen molar-refractivity contribution in [2.75, 3.05) is 27.3 Å². The molecule has 1 fully saturated rings. The first-order valence-electron chi connectivity index (χ1n) is 9.36. The molecule has 1 aliphatic rings. The van der Waals surface area contributed by atoms with Crippen molar-refractivity contribution >= 4 is 15.9 Å². The molecule has 27 heavy (non-hydrogen) atoms. The molecule has 0 saturated carbocycles. The van der Waals surface area contributed by atoms with Crippen LogP contribution in [0.25, 0.3) is 0 Å². The van der Waals surface area contributed by atoms with Gasteiger partial charge in [0.05, 0.1) is 25.0 Å². The minimum Gasteiger partial charge on any atom is -0.493 e. The second kappa shape index (κ2) is 9.41. The number of rotatable bonds is 8. The number of nitrogens with zero attached hydrogens (tertiary/aromatic N) is 1. The smallest absolute Gasteiger partial charge is 0.243 e. The van der Waals surface area contributed by atoms with Crippen molar-refractivity contribution in [2.45, 2.75) is 50.5 Å². The van der Waals surface area contributed by atoms with Gasteiger partial charge in [-0.05, 0) is 38.3 Å². The van der Waals surface area contributed by atoms with E-state index in [-0.39, 0.29) is 29.3 Å². The van der Waals surface area contributed by atoms with Crippen molar-refractivity contribution in [3.63, 3.8) is 0 Å². The maximum Gasteiger partial charge on any atom is 0.243 e. The zero-order chi connectivity index (χ0) is 20.0. The molecule has 2 rings (SSSR count). The third kappa shape index (κ3) is 5.13. The number of hydrogen-bond donors (Lipinski definition) is 1. The fourth-order valence-electron chi connectivity index (χ4n) is 3.37. The molecule has 7 nitrogen and oxygen atoms in total. The van der Waals surface area contributed by atoms with Gasteiger partial charge in [-0.1, -0.05) is 13.3 Å². The molecule has 1 aliphatic heterocycles. The summed E-state index contributed by atoms with van der Waals surface area (Å²) in [5.41, 5.74) is 0. The number of nitrogens with one attached hydrogen (secondary N) is 1. The van der Waals surface area contributed by atoms with Crippen LogP contribution < -0.4 is 14.8 Å². The van der Waals surface area contributed by atoms with Gasteiger partial charge in [-0.3, -0.25) is 4.79 Å². The van der Waals surface area contributed by atoms with E-state index >= 15 is 0 Å². The molecule has 1 N–H and O–H groups in total. The first kappa shape index (κ1) is 21.5. The van der Waals surface area contributed by atoms with E-state index in [0.717, 1.165) is 12.8 Å². The molecule has 1 aromatic rings. The van der Waals surface area contributed by atoms with Crippen molar-refractivity contribution in [2.24, 2.45) is 5.92 Å². The summed E-state index contributed by atoms with van der Waals surface area (Å²) in [5, 5.41) is 3.00. The average Bonchev–Trinajstić information content (AvgIpc) is 2.67. The number of methoxy groups -OCH3 is 2. The summed E-state index contributed by atoms with van der Waals surface area (Å²) in [6.45, 7) is 4.65. The van der Waals surface area contributed by atoms with Crippen molar-refractivity contribution in [3.8, 4) is 11.5 Å². The zero-order valence-corrected chi connectivity index (χ0v) is 17.3. The standard InChI is InChI=1S/C19H30N2O5S/c1-5-7-14(2)20-19(22)15-8-6-11-21(13-15)27(23,24)16-9-10-17(25-3)18(12-16)26-4/h9-10,12,14-15H,5-8,11,13H2,1-4H3,(H,20,22)/t14-,15+/m1/s1. The van der Waals surface area contributed by atoms with E-state index in [1.165, 1.54) is 30.7 Å². The van der Waals surface area contributed by atoms with Gasteiger partial charge >= 0.3 is 0 Å². The molecule has 1 saturated heterocycles. The van der Waals surface area contributed by atoms with Gasteiger partial charge in [0.1, 0.15) is 0 Å². The highest BCUT2D eigenvalue weighted by molar-refractivity contribution is 7.89. The molecule has 0 radical (unpaired) electrons. The SMILES string of the molecule is CCC[C@@H](C)NC(=O)[C@H]1CCCN(S(=O)(=O)c2ccc(OC)c(OC)c2)C1. The molecule has 8 heteroatoms. The van der Waals surface area contributed by atoms with Crippen LogP contribution in [0.4, 0.5) is 0 Å². The van der Waals surface area contributed by atoms with E-state index in [1.54, 1.807) is 6.07 Å². The molecule has 0 spiro atoms. The highest BCUT2D eigenvalue weighted by Crippen LogP contribution is 2.32. The van der Waals surface area contributed by atoms with E-state index in [9.17, 15) is 13.2 Å². The average molecular weight is 399 g/mol. The first-order chi connectivity index (χ1) is 12.8. The number of benzene rings is 1. The predicted octanol–water partition coefficient (Wildman–Crippen LogP) is 2.41. The number of carbonyl (C=O) groups excluding carboxylic acids is 1. The lowest BCUT2D eigenvalue weighted by atomic mass is 9.98. The van der Waals surface area contributed by atoms with Crippen molar-refractivity contribution in [1.29, 1.82) is 0 Å². The topological polar surface area (TPSA) is 84.9 Å². The Morgan fingerprint density at radius 1 is 1.30 bits per heavy atom. The lowest BCUT2D eigenvalue weighted by molar-refractivity contribution is -0.126. The predicted molar refractivity (Wildman–Crippen MR) is 104 cm³/mol. The van der Waals surface area contributed by atoms with Crippen LogP contribution in [-0.2, 0) is 14.8 Å². The fraction of sp³-hybridized carbons (Fsp3) is 0.632. The fourth-order valence-corrected chi connectivity index (χ4v) is 4.91. The lowest BCUT2D eigenvalue weighted by Crippen LogP contribution is -2.47. The normalized spacial score (nSPS) is 19.3. The zero-order valence-electron chi connectivity index (χ0n) is 16.5. The number of carbonyl (C=O) groups is 1. The van der Waals surface area contributed by atoms with Crippen molar-refractivity contribution in [1.82, 2.24) is 9.62 Å². The Morgan fingerprint density at radius 3 is 2.63 bits per heavy atom. The second-order valence-corrected chi connectivity index (χ2v) is 8.86. The summed E-state index contributed by atoms with van der Waals surface area (Å²) in [6.07, 6.45) is 3.26. The van der Waals surface area contributed by atoms with E-state index in [1.807, 2.05) is 6.92 Å². The van der Waals surface area contributed by atoms with Gasteiger partial charge < -0.3 is 14.8 Å². The van der Waals surface area contributed by atoms with E-state index in [0.29, 0.717) is 30.9 Å². The molecule has 152 valence electrons. The van der Waals surface area contributed by atoms with E-state index < -0.39 is 10.0 Å². The molecule has 0 bridgehead atoms. The molecule has 0 aromatic heterocycles. The Hall–Kier alpha value is -1.80. The van der Waals surface area contributed by atoms with Crippen molar-refractivity contribution < 1.29 is 22.7 Å². The van der Waals surface area contributed by atoms with Crippen LogP contribution in [0.2, 0.25) is 0 Å². The molecule has 1 heterocycles. The summed E-state index contributed by atoms with van der Waals surface area (Å²) in [6, 6.07) is 4.64. The molecular weight excluding hydrogens is 368 g/mol. The molecule has 0 aliphatic carbocycles. The van der Waals surface area contributed by atoms with Gasteiger partial charge in [0, 0.05) is 25.2 Å². The minimum atomic E-state index is -3.71. The summed E-state index contributed by atoms with van der Waals surface area (Å²) >= 11 is 0. The first-order valence-corrected chi connectivity index (χ1v) is 10.8. The van der Waals surface area contributed by atoms with Crippen LogP contribution in [0.1, 0.15) is 39.5 Å². The molecule has 0 unspecified atom stereocenters.